The molecule has 1 heterocycles. The van der Waals surface area contributed by atoms with E-state index in [0.29, 0.717) is 18.7 Å². The Morgan fingerprint density at radius 2 is 1.68 bits per heavy atom. The molecule has 0 aliphatic carbocycles. The second-order valence-electron chi connectivity index (χ2n) is 6.40. The number of rotatable bonds is 4. The molecule has 6 heteroatoms. The van der Waals surface area contributed by atoms with Crippen LogP contribution in [0.1, 0.15) is 30.4 Å². The van der Waals surface area contributed by atoms with Gasteiger partial charge in [0.1, 0.15) is 0 Å². The number of aryl methyl sites for hydroxylation is 2. The number of hydrogen-bond donors (Lipinski definition) is 1. The van der Waals surface area contributed by atoms with Crippen molar-refractivity contribution in [2.45, 2.75) is 38.0 Å². The van der Waals surface area contributed by atoms with Gasteiger partial charge in [0.05, 0.1) is 4.90 Å². The number of carbonyl (C=O) groups excluding carboxylic acids is 1. The van der Waals surface area contributed by atoms with Crippen molar-refractivity contribution in [1.82, 2.24) is 0 Å². The van der Waals surface area contributed by atoms with Gasteiger partial charge in [-0.15, -0.1) is 0 Å². The molecule has 132 valence electrons. The molecule has 5 nitrogen and oxygen atoms in total. The highest BCUT2D eigenvalue weighted by Crippen LogP contribution is 2.24. The van der Waals surface area contributed by atoms with Crippen LogP contribution in [-0.4, -0.2) is 20.9 Å². The van der Waals surface area contributed by atoms with Gasteiger partial charge in [-0.25, -0.2) is 8.42 Å². The van der Waals surface area contributed by atoms with E-state index in [1.807, 2.05) is 26.0 Å². The predicted octanol–water partition coefficient (Wildman–Crippen LogP) is 3.62. The zero-order valence-electron chi connectivity index (χ0n) is 14.5. The van der Waals surface area contributed by atoms with Gasteiger partial charge in [0.25, 0.3) is 10.0 Å². The summed E-state index contributed by atoms with van der Waals surface area (Å²) in [6.45, 7) is 4.61. The monoisotopic (exact) mass is 358 g/mol. The van der Waals surface area contributed by atoms with Crippen LogP contribution in [0.2, 0.25) is 0 Å². The van der Waals surface area contributed by atoms with Gasteiger partial charge in [-0.1, -0.05) is 6.07 Å². The highest BCUT2D eigenvalue weighted by atomic mass is 32.2. The number of benzene rings is 2. The molecule has 2 aromatic rings. The molecule has 0 atom stereocenters. The molecule has 0 unspecified atom stereocenters. The standard InChI is InChI=1S/C19H22N2O3S/c1-14-6-7-16(13-15(14)2)20-25(23,24)18-10-8-17(9-11-18)21-12-4-3-5-19(21)22/h6-11,13,20H,3-5,12H2,1-2H3. The Kier molecular flexibility index (Phi) is 4.81. The second kappa shape index (κ2) is 6.88. The van der Waals surface area contributed by atoms with Gasteiger partial charge in [0.2, 0.25) is 5.91 Å². The van der Waals surface area contributed by atoms with Crippen LogP contribution in [0.3, 0.4) is 0 Å². The van der Waals surface area contributed by atoms with Crippen LogP contribution in [0.4, 0.5) is 11.4 Å². The first-order chi connectivity index (χ1) is 11.9. The van der Waals surface area contributed by atoms with E-state index in [0.717, 1.165) is 29.7 Å². The van der Waals surface area contributed by atoms with Crippen LogP contribution in [0.5, 0.6) is 0 Å². The van der Waals surface area contributed by atoms with Crippen LogP contribution in [0, 0.1) is 13.8 Å². The van der Waals surface area contributed by atoms with E-state index in [4.69, 9.17) is 0 Å². The molecule has 2 aromatic carbocycles. The summed E-state index contributed by atoms with van der Waals surface area (Å²) in [6, 6.07) is 11.9. The Morgan fingerprint density at radius 3 is 2.32 bits per heavy atom. The normalized spacial score (nSPS) is 15.3. The molecular weight excluding hydrogens is 336 g/mol. The summed E-state index contributed by atoms with van der Waals surface area (Å²) in [5, 5.41) is 0. The zero-order chi connectivity index (χ0) is 18.0. The molecule has 1 saturated heterocycles. The topological polar surface area (TPSA) is 66.5 Å². The lowest BCUT2D eigenvalue weighted by molar-refractivity contribution is -0.119. The molecule has 1 fully saturated rings. The van der Waals surface area contributed by atoms with Gasteiger partial charge in [-0.05, 0) is 74.2 Å². The zero-order valence-corrected chi connectivity index (χ0v) is 15.3. The van der Waals surface area contributed by atoms with Crippen LogP contribution >= 0.6 is 0 Å². The van der Waals surface area contributed by atoms with Crippen molar-refractivity contribution in [2.75, 3.05) is 16.2 Å². The SMILES string of the molecule is Cc1ccc(NS(=O)(=O)c2ccc(N3CCCCC3=O)cc2)cc1C. The Bertz CT molecular complexity index is 889. The smallest absolute Gasteiger partial charge is 0.261 e. The minimum atomic E-state index is -3.66. The molecule has 0 aromatic heterocycles. The minimum Gasteiger partial charge on any atom is -0.312 e. The molecule has 3 rings (SSSR count). The van der Waals surface area contributed by atoms with Crippen molar-refractivity contribution in [3.05, 3.63) is 53.6 Å². The summed E-state index contributed by atoms with van der Waals surface area (Å²) < 4.78 is 27.7. The maximum absolute atomic E-state index is 12.6. The Hall–Kier alpha value is -2.34. The van der Waals surface area contributed by atoms with Gasteiger partial charge in [-0.2, -0.15) is 0 Å². The summed E-state index contributed by atoms with van der Waals surface area (Å²) in [4.78, 5) is 13.9. The average Bonchev–Trinajstić information content (AvgIpc) is 2.58. The summed E-state index contributed by atoms with van der Waals surface area (Å²) in [5.41, 5.74) is 3.42. The van der Waals surface area contributed by atoms with Crippen LogP contribution in [0.25, 0.3) is 0 Å². The third kappa shape index (κ3) is 3.85. The lowest BCUT2D eigenvalue weighted by atomic mass is 10.1. The number of anilines is 2. The molecule has 25 heavy (non-hydrogen) atoms. The highest BCUT2D eigenvalue weighted by Gasteiger charge is 2.21. The predicted molar refractivity (Wildman–Crippen MR) is 99.4 cm³/mol. The van der Waals surface area contributed by atoms with Crippen molar-refractivity contribution < 1.29 is 13.2 Å². The first-order valence-corrected chi connectivity index (χ1v) is 9.86. The van der Waals surface area contributed by atoms with Gasteiger partial charge in [0, 0.05) is 24.3 Å². The van der Waals surface area contributed by atoms with Crippen LogP contribution in [-0.2, 0) is 14.8 Å². The van der Waals surface area contributed by atoms with Crippen molar-refractivity contribution in [1.29, 1.82) is 0 Å². The number of nitrogens with zero attached hydrogens (tertiary/aromatic N) is 1. The average molecular weight is 358 g/mol. The number of nitrogens with one attached hydrogen (secondary N) is 1. The summed E-state index contributed by atoms with van der Waals surface area (Å²) in [7, 11) is -3.66. The van der Waals surface area contributed by atoms with Crippen molar-refractivity contribution >= 4 is 27.3 Å². The fraction of sp³-hybridized carbons (Fsp3) is 0.316. The molecule has 0 saturated carbocycles. The maximum atomic E-state index is 12.6. The maximum Gasteiger partial charge on any atom is 0.261 e. The van der Waals surface area contributed by atoms with E-state index in [2.05, 4.69) is 4.72 Å². The number of sulfonamides is 1. The fourth-order valence-corrected chi connectivity index (χ4v) is 3.95. The molecule has 1 amide bonds. The van der Waals surface area contributed by atoms with E-state index < -0.39 is 10.0 Å². The summed E-state index contributed by atoms with van der Waals surface area (Å²) in [6.07, 6.45) is 2.44. The lowest BCUT2D eigenvalue weighted by Crippen LogP contribution is -2.35. The molecule has 0 radical (unpaired) electrons. The fourth-order valence-electron chi connectivity index (χ4n) is 2.90. The lowest BCUT2D eigenvalue weighted by Gasteiger charge is -2.26. The number of hydrogen-bond acceptors (Lipinski definition) is 3. The Labute approximate surface area is 148 Å². The summed E-state index contributed by atoms with van der Waals surface area (Å²) >= 11 is 0. The molecule has 0 spiro atoms. The second-order valence-corrected chi connectivity index (χ2v) is 8.08. The van der Waals surface area contributed by atoms with Crippen molar-refractivity contribution in [3.63, 3.8) is 0 Å². The summed E-state index contributed by atoms with van der Waals surface area (Å²) in [5.74, 6) is 0.0927. The number of carbonyl (C=O) groups is 1. The van der Waals surface area contributed by atoms with Crippen molar-refractivity contribution in [3.8, 4) is 0 Å². The van der Waals surface area contributed by atoms with E-state index in [-0.39, 0.29) is 10.8 Å². The molecule has 1 N–H and O–H groups in total. The van der Waals surface area contributed by atoms with Gasteiger partial charge in [0.15, 0.2) is 0 Å². The quantitative estimate of drug-likeness (QED) is 0.908. The van der Waals surface area contributed by atoms with Crippen LogP contribution in [0.15, 0.2) is 47.4 Å². The third-order valence-electron chi connectivity index (χ3n) is 4.54. The van der Waals surface area contributed by atoms with E-state index in [9.17, 15) is 13.2 Å². The van der Waals surface area contributed by atoms with Gasteiger partial charge in [-0.3, -0.25) is 9.52 Å². The molecule has 0 bridgehead atoms. The number of amides is 1. The van der Waals surface area contributed by atoms with Crippen molar-refractivity contribution in [2.24, 2.45) is 0 Å². The van der Waals surface area contributed by atoms with Gasteiger partial charge >= 0.3 is 0 Å². The Balaban J connectivity index is 1.80. The van der Waals surface area contributed by atoms with E-state index in [1.165, 1.54) is 0 Å². The van der Waals surface area contributed by atoms with Gasteiger partial charge < -0.3 is 4.90 Å². The minimum absolute atomic E-state index is 0.0927. The highest BCUT2D eigenvalue weighted by molar-refractivity contribution is 7.92. The van der Waals surface area contributed by atoms with E-state index >= 15 is 0 Å². The Morgan fingerprint density at radius 1 is 0.960 bits per heavy atom. The molecular formula is C19H22N2O3S. The number of piperidine rings is 1. The largest absolute Gasteiger partial charge is 0.312 e. The molecule has 1 aliphatic rings. The van der Waals surface area contributed by atoms with E-state index in [1.54, 1.807) is 35.2 Å². The third-order valence-corrected chi connectivity index (χ3v) is 5.94. The first-order valence-electron chi connectivity index (χ1n) is 8.37. The van der Waals surface area contributed by atoms with Crippen LogP contribution < -0.4 is 9.62 Å². The molecule has 1 aliphatic heterocycles. The first kappa shape index (κ1) is 17.5.